The van der Waals surface area contributed by atoms with Crippen molar-refractivity contribution in [2.75, 3.05) is 9.80 Å². The highest BCUT2D eigenvalue weighted by atomic mass is 15.1. The van der Waals surface area contributed by atoms with Gasteiger partial charge in [0.05, 0.1) is 0 Å². The van der Waals surface area contributed by atoms with Gasteiger partial charge in [0.25, 0.3) is 0 Å². The van der Waals surface area contributed by atoms with Crippen LogP contribution in [0.15, 0.2) is 273 Å². The number of fused-ring (bicyclic) bond motifs is 4. The van der Waals surface area contributed by atoms with Gasteiger partial charge in [-0.15, -0.1) is 0 Å². The zero-order chi connectivity index (χ0) is 47.8. The van der Waals surface area contributed by atoms with E-state index >= 15 is 0 Å². The van der Waals surface area contributed by atoms with Gasteiger partial charge in [0.2, 0.25) is 0 Å². The number of allylic oxidation sites excluding steroid dienone is 4. The maximum Gasteiger partial charge on any atom is 0.0468 e. The van der Waals surface area contributed by atoms with E-state index in [4.69, 9.17) is 0 Å². The van der Waals surface area contributed by atoms with Gasteiger partial charge in [0.1, 0.15) is 0 Å². The van der Waals surface area contributed by atoms with Crippen LogP contribution in [0.4, 0.5) is 28.4 Å². The number of nitrogens with zero attached hydrogens (tertiary/aromatic N) is 2. The lowest BCUT2D eigenvalue weighted by Gasteiger charge is -2.30. The van der Waals surface area contributed by atoms with Gasteiger partial charge in [0, 0.05) is 40.1 Å². The van der Waals surface area contributed by atoms with Gasteiger partial charge >= 0.3 is 0 Å². The average Bonchev–Trinajstić information content (AvgIpc) is 3.46. The zero-order valence-corrected chi connectivity index (χ0v) is 40.1. The fourth-order valence-corrected chi connectivity index (χ4v) is 11.2. The third-order valence-electron chi connectivity index (χ3n) is 14.8. The molecule has 0 saturated carbocycles. The number of para-hydroxylation sites is 2. The van der Waals surface area contributed by atoms with E-state index in [2.05, 4.69) is 283 Å². The highest BCUT2D eigenvalue weighted by Crippen LogP contribution is 2.49. The quantitative estimate of drug-likeness (QED) is 0.126. The third-order valence-corrected chi connectivity index (χ3v) is 14.8. The van der Waals surface area contributed by atoms with Gasteiger partial charge in [-0.25, -0.2) is 0 Å². The zero-order valence-electron chi connectivity index (χ0n) is 40.1. The Balaban J connectivity index is 1.07. The molecule has 0 radical (unpaired) electrons. The van der Waals surface area contributed by atoms with E-state index in [1.807, 2.05) is 0 Å². The molecule has 0 fully saturated rings. The molecule has 2 nitrogen and oxygen atoms in total. The summed E-state index contributed by atoms with van der Waals surface area (Å²) in [6, 6.07) is 89.5. The highest BCUT2D eigenvalue weighted by Gasteiger charge is 2.24. The summed E-state index contributed by atoms with van der Waals surface area (Å²) in [5.41, 5.74) is 18.1. The molecule has 0 saturated heterocycles. The van der Waals surface area contributed by atoms with E-state index in [0.717, 1.165) is 47.7 Å². The highest BCUT2D eigenvalue weighted by molar-refractivity contribution is 6.23. The van der Waals surface area contributed by atoms with Crippen molar-refractivity contribution in [3.05, 3.63) is 289 Å². The van der Waals surface area contributed by atoms with Gasteiger partial charge in [-0.3, -0.25) is 0 Å². The van der Waals surface area contributed by atoms with Crippen molar-refractivity contribution in [1.82, 2.24) is 0 Å². The summed E-state index contributed by atoms with van der Waals surface area (Å²) < 4.78 is 0. The Morgan fingerprint density at radius 1 is 0.361 bits per heavy atom. The Bertz CT molecular complexity index is 3870. The monoisotopic (exact) mass is 920 g/mol. The number of benzene rings is 11. The minimum atomic E-state index is 0.335. The van der Waals surface area contributed by atoms with Crippen LogP contribution in [0.2, 0.25) is 0 Å². The Morgan fingerprint density at radius 2 is 0.889 bits per heavy atom. The second kappa shape index (κ2) is 18.7. The Morgan fingerprint density at radius 3 is 1.56 bits per heavy atom. The Kier molecular flexibility index (Phi) is 11.2. The molecule has 72 heavy (non-hydrogen) atoms. The molecule has 0 aromatic heterocycles. The van der Waals surface area contributed by atoms with Crippen LogP contribution in [0.1, 0.15) is 35.4 Å². The smallest absolute Gasteiger partial charge is 0.0468 e. The van der Waals surface area contributed by atoms with Crippen LogP contribution in [0.3, 0.4) is 0 Å². The summed E-state index contributed by atoms with van der Waals surface area (Å²) in [5.74, 6) is 0.335. The molecular weight excluding hydrogens is 869 g/mol. The summed E-state index contributed by atoms with van der Waals surface area (Å²) in [6.45, 7) is 0. The molecule has 342 valence electrons. The Labute approximate surface area is 422 Å². The van der Waals surface area contributed by atoms with Gasteiger partial charge < -0.3 is 9.80 Å². The van der Waals surface area contributed by atoms with Crippen molar-refractivity contribution >= 4 is 66.8 Å². The van der Waals surface area contributed by atoms with E-state index in [1.54, 1.807) is 0 Å². The predicted octanol–water partition coefficient (Wildman–Crippen LogP) is 19.3. The third kappa shape index (κ3) is 8.07. The minimum absolute atomic E-state index is 0.335. The lowest BCUT2D eigenvalue weighted by molar-refractivity contribution is 0.840. The molecule has 2 aliphatic carbocycles. The maximum atomic E-state index is 2.47. The van der Waals surface area contributed by atoms with E-state index in [9.17, 15) is 0 Å². The molecule has 1 atom stereocenters. The van der Waals surface area contributed by atoms with Crippen LogP contribution in [-0.4, -0.2) is 0 Å². The van der Waals surface area contributed by atoms with Gasteiger partial charge in [-0.05, 0) is 174 Å². The van der Waals surface area contributed by atoms with E-state index in [0.29, 0.717) is 5.92 Å². The van der Waals surface area contributed by atoms with Crippen LogP contribution in [0, 0.1) is 0 Å². The fourth-order valence-electron chi connectivity index (χ4n) is 11.2. The van der Waals surface area contributed by atoms with E-state index in [1.165, 1.54) is 88.1 Å². The van der Waals surface area contributed by atoms with Crippen molar-refractivity contribution in [1.29, 1.82) is 0 Å². The summed E-state index contributed by atoms with van der Waals surface area (Å²) in [7, 11) is 0. The first kappa shape index (κ1) is 43.1. The maximum absolute atomic E-state index is 2.47. The van der Waals surface area contributed by atoms with Crippen LogP contribution < -0.4 is 9.80 Å². The molecule has 0 spiro atoms. The second-order valence-corrected chi connectivity index (χ2v) is 19.1. The second-order valence-electron chi connectivity index (χ2n) is 19.1. The van der Waals surface area contributed by atoms with Crippen molar-refractivity contribution in [3.63, 3.8) is 0 Å². The minimum Gasteiger partial charge on any atom is -0.311 e. The number of hydrogen-bond donors (Lipinski definition) is 0. The molecule has 2 heteroatoms. The van der Waals surface area contributed by atoms with Crippen LogP contribution in [0.5, 0.6) is 0 Å². The van der Waals surface area contributed by atoms with Gasteiger partial charge in [0.15, 0.2) is 0 Å². The van der Waals surface area contributed by atoms with Gasteiger partial charge in [-0.1, -0.05) is 200 Å². The first-order valence-corrected chi connectivity index (χ1v) is 25.3. The molecule has 11 aromatic carbocycles. The Hall–Kier alpha value is -8.98. The molecule has 0 aliphatic heterocycles. The van der Waals surface area contributed by atoms with E-state index < -0.39 is 0 Å². The number of aryl methyl sites for hydroxylation is 1. The van der Waals surface area contributed by atoms with Crippen molar-refractivity contribution < 1.29 is 0 Å². The lowest BCUT2D eigenvalue weighted by atomic mass is 9.83. The standard InChI is InChI=1S/C70H52N2/c1-5-17-49(18-6-1)53-33-37-61(38-34-53)71(59-25-9-3-10-26-59)63-41-43-65-67(47-63)69(57-31-29-51-21-13-15-23-55(51)45-57)66-44-42-64(48-68(66)70(65)58-32-30-52-22-14-16-24-56(52)46-58)72(60-27-11-4-12-28-60)62-39-35-54(36-40-62)50-19-7-2-8-20-50/h1-15,17-23,25-35,37-48,54H,16,24,36H2. The predicted molar refractivity (Wildman–Crippen MR) is 307 cm³/mol. The molecule has 0 amide bonds. The first-order valence-electron chi connectivity index (χ1n) is 25.3. The molecule has 1 unspecified atom stereocenters. The summed E-state index contributed by atoms with van der Waals surface area (Å²) in [5, 5.41) is 7.33. The summed E-state index contributed by atoms with van der Waals surface area (Å²) >= 11 is 0. The SMILES string of the molecule is C1=Cc2ccc(-c3c4ccc(N(c5ccccc5)c5ccc(-c6ccccc6)cc5)cc4c(-c4ccc5ccccc5c4)c4ccc(N(C5=CCC(c6ccccc6)C=C5)c5ccccc5)cc34)cc2CC1. The summed E-state index contributed by atoms with van der Waals surface area (Å²) in [4.78, 5) is 4.85. The first-order chi connectivity index (χ1) is 35.7. The molecule has 0 N–H and O–H groups in total. The molecule has 11 aromatic rings. The molecular formula is C70H52N2. The molecule has 2 aliphatic rings. The largest absolute Gasteiger partial charge is 0.311 e. The number of rotatable bonds is 10. The summed E-state index contributed by atoms with van der Waals surface area (Å²) in [6.07, 6.45) is 14.7. The van der Waals surface area contributed by atoms with Crippen LogP contribution in [0.25, 0.3) is 71.8 Å². The molecule has 13 rings (SSSR count). The fraction of sp³-hybridized carbons (Fsp3) is 0.0571. The normalized spacial score (nSPS) is 14.1. The molecule has 0 heterocycles. The lowest BCUT2D eigenvalue weighted by Crippen LogP contribution is -2.17. The topological polar surface area (TPSA) is 6.48 Å². The van der Waals surface area contributed by atoms with Crippen molar-refractivity contribution in [2.45, 2.75) is 25.2 Å². The molecule has 0 bridgehead atoms. The van der Waals surface area contributed by atoms with Crippen LogP contribution >= 0.6 is 0 Å². The van der Waals surface area contributed by atoms with Gasteiger partial charge in [-0.2, -0.15) is 0 Å². The van der Waals surface area contributed by atoms with Crippen molar-refractivity contribution in [3.8, 4) is 33.4 Å². The number of hydrogen-bond acceptors (Lipinski definition) is 2. The van der Waals surface area contributed by atoms with Crippen LogP contribution in [-0.2, 0) is 6.42 Å². The van der Waals surface area contributed by atoms with E-state index in [-0.39, 0.29) is 0 Å². The van der Waals surface area contributed by atoms with Crippen molar-refractivity contribution in [2.24, 2.45) is 0 Å². The number of anilines is 5. The average molecular weight is 921 g/mol.